The third-order valence-electron chi connectivity index (χ3n) is 2.52. The summed E-state index contributed by atoms with van der Waals surface area (Å²) in [5.74, 6) is 0.648. The maximum absolute atomic E-state index is 13.4. The molecule has 2 heterocycles. The Hall–Kier alpha value is -1.16. The quantitative estimate of drug-likeness (QED) is 0.862. The highest BCUT2D eigenvalue weighted by Crippen LogP contribution is 2.17. The maximum Gasteiger partial charge on any atom is 0.149 e. The molecule has 1 aromatic heterocycles. The van der Waals surface area contributed by atoms with Gasteiger partial charge in [-0.25, -0.2) is 4.39 Å². The molecular formula is C13H21FN2O. The summed E-state index contributed by atoms with van der Waals surface area (Å²) in [6, 6.07) is 3.70. The largest absolute Gasteiger partial charge is 0.486 e. The Bertz CT molecular complexity index is 316. The van der Waals surface area contributed by atoms with Crippen LogP contribution in [0.2, 0.25) is 0 Å². The molecule has 1 aliphatic heterocycles. The molecule has 96 valence electrons. The summed E-state index contributed by atoms with van der Waals surface area (Å²) in [5.41, 5.74) is 0.935. The van der Waals surface area contributed by atoms with Crippen molar-refractivity contribution in [2.75, 3.05) is 13.1 Å². The van der Waals surface area contributed by atoms with Crippen molar-refractivity contribution in [1.29, 1.82) is 0 Å². The van der Waals surface area contributed by atoms with Crippen molar-refractivity contribution in [2.24, 2.45) is 0 Å². The lowest BCUT2D eigenvalue weighted by molar-refractivity contribution is 0.0728. The number of alkyl halides is 1. The molecule has 1 saturated heterocycles. The number of nitrogens with one attached hydrogen (secondary N) is 1. The van der Waals surface area contributed by atoms with E-state index < -0.39 is 6.17 Å². The molecule has 2 rings (SSSR count). The van der Waals surface area contributed by atoms with Gasteiger partial charge in [-0.3, -0.25) is 4.98 Å². The van der Waals surface area contributed by atoms with Crippen LogP contribution in [0.1, 0.15) is 26.0 Å². The van der Waals surface area contributed by atoms with E-state index >= 15 is 0 Å². The molecule has 1 aliphatic rings. The highest BCUT2D eigenvalue weighted by atomic mass is 19.1. The van der Waals surface area contributed by atoms with E-state index in [1.807, 2.05) is 32.9 Å². The number of rotatable bonds is 2. The van der Waals surface area contributed by atoms with Gasteiger partial charge in [0.25, 0.3) is 0 Å². The number of halogens is 1. The molecule has 2 atom stereocenters. The number of hydrogen-bond acceptors (Lipinski definition) is 3. The van der Waals surface area contributed by atoms with Crippen LogP contribution in [0.3, 0.4) is 0 Å². The van der Waals surface area contributed by atoms with Crippen molar-refractivity contribution in [3.8, 4) is 5.75 Å². The fraction of sp³-hybridized carbons (Fsp3) is 0.615. The van der Waals surface area contributed by atoms with Crippen molar-refractivity contribution in [3.05, 3.63) is 24.0 Å². The van der Waals surface area contributed by atoms with Gasteiger partial charge >= 0.3 is 0 Å². The molecule has 0 aromatic carbocycles. The summed E-state index contributed by atoms with van der Waals surface area (Å²) in [7, 11) is 0. The zero-order valence-electron chi connectivity index (χ0n) is 10.7. The summed E-state index contributed by atoms with van der Waals surface area (Å²) >= 11 is 0. The first-order valence-corrected chi connectivity index (χ1v) is 6.20. The van der Waals surface area contributed by atoms with E-state index in [0.717, 1.165) is 12.2 Å². The van der Waals surface area contributed by atoms with Gasteiger partial charge in [-0.2, -0.15) is 0 Å². The van der Waals surface area contributed by atoms with Crippen LogP contribution in [-0.4, -0.2) is 30.3 Å². The average molecular weight is 240 g/mol. The highest BCUT2D eigenvalue weighted by molar-refractivity contribution is 5.19. The van der Waals surface area contributed by atoms with E-state index in [1.165, 1.54) is 0 Å². The predicted molar refractivity (Wildman–Crippen MR) is 67.1 cm³/mol. The lowest BCUT2D eigenvalue weighted by Crippen LogP contribution is -2.44. The summed E-state index contributed by atoms with van der Waals surface area (Å²) in [5, 5.41) is 2.99. The lowest BCUT2D eigenvalue weighted by Gasteiger charge is -2.27. The third-order valence-corrected chi connectivity index (χ3v) is 2.52. The maximum atomic E-state index is 13.4. The van der Waals surface area contributed by atoms with Gasteiger partial charge in [-0.15, -0.1) is 0 Å². The van der Waals surface area contributed by atoms with Gasteiger partial charge in [0.1, 0.15) is 18.0 Å². The van der Waals surface area contributed by atoms with Crippen LogP contribution >= 0.6 is 0 Å². The molecule has 4 heteroatoms. The first kappa shape index (κ1) is 13.9. The molecule has 0 amide bonds. The van der Waals surface area contributed by atoms with Gasteiger partial charge in [0.05, 0.1) is 6.20 Å². The number of aryl methyl sites for hydroxylation is 1. The molecule has 1 aromatic rings. The zero-order chi connectivity index (χ0) is 12.7. The fourth-order valence-corrected chi connectivity index (χ4v) is 1.63. The Morgan fingerprint density at radius 3 is 2.76 bits per heavy atom. The van der Waals surface area contributed by atoms with E-state index in [9.17, 15) is 4.39 Å². The summed E-state index contributed by atoms with van der Waals surface area (Å²) in [6.07, 6.45) is 1.08. The molecular weight excluding hydrogens is 219 g/mol. The van der Waals surface area contributed by atoms with Crippen molar-refractivity contribution < 1.29 is 9.13 Å². The SMILES string of the molecule is CC.Cc1ccc(OC2CCNCC2F)cn1. The molecule has 0 aliphatic carbocycles. The average Bonchev–Trinajstić information content (AvgIpc) is 2.37. The molecule has 0 bridgehead atoms. The Morgan fingerprint density at radius 1 is 1.41 bits per heavy atom. The van der Waals surface area contributed by atoms with Crippen LogP contribution in [0.15, 0.2) is 18.3 Å². The molecule has 0 radical (unpaired) electrons. The summed E-state index contributed by atoms with van der Waals surface area (Å²) < 4.78 is 19.0. The van der Waals surface area contributed by atoms with E-state index in [0.29, 0.717) is 18.7 Å². The molecule has 0 saturated carbocycles. The van der Waals surface area contributed by atoms with Gasteiger partial charge in [0.2, 0.25) is 0 Å². The van der Waals surface area contributed by atoms with Crippen molar-refractivity contribution in [3.63, 3.8) is 0 Å². The Labute approximate surface area is 102 Å². The number of ether oxygens (including phenoxy) is 1. The molecule has 1 N–H and O–H groups in total. The second-order valence-electron chi connectivity index (χ2n) is 3.80. The predicted octanol–water partition coefficient (Wildman–Crippen LogP) is 2.50. The van der Waals surface area contributed by atoms with E-state index in [4.69, 9.17) is 4.74 Å². The zero-order valence-corrected chi connectivity index (χ0v) is 10.7. The second kappa shape index (κ2) is 7.22. The standard InChI is InChI=1S/C11H15FN2O.C2H6/c1-8-2-3-9(6-14-8)15-11-4-5-13-7-10(11)12;1-2/h2-3,6,10-11,13H,4-5,7H2,1H3;1-2H3. The van der Waals surface area contributed by atoms with Crippen LogP contribution in [-0.2, 0) is 0 Å². The number of hydrogen-bond donors (Lipinski definition) is 1. The van der Waals surface area contributed by atoms with Gasteiger partial charge in [-0.1, -0.05) is 13.8 Å². The minimum Gasteiger partial charge on any atom is -0.486 e. The highest BCUT2D eigenvalue weighted by Gasteiger charge is 2.26. The number of aromatic nitrogens is 1. The van der Waals surface area contributed by atoms with E-state index in [-0.39, 0.29) is 6.10 Å². The minimum absolute atomic E-state index is 0.337. The topological polar surface area (TPSA) is 34.1 Å². The van der Waals surface area contributed by atoms with Crippen LogP contribution in [0.25, 0.3) is 0 Å². The van der Waals surface area contributed by atoms with Gasteiger partial charge in [-0.05, 0) is 32.0 Å². The second-order valence-corrected chi connectivity index (χ2v) is 3.80. The van der Waals surface area contributed by atoms with Crippen LogP contribution in [0, 0.1) is 6.92 Å². The van der Waals surface area contributed by atoms with Crippen molar-refractivity contribution >= 4 is 0 Å². The number of nitrogens with zero attached hydrogens (tertiary/aromatic N) is 1. The molecule has 0 spiro atoms. The van der Waals surface area contributed by atoms with Gasteiger partial charge < -0.3 is 10.1 Å². The van der Waals surface area contributed by atoms with Crippen molar-refractivity contribution in [1.82, 2.24) is 10.3 Å². The molecule has 3 nitrogen and oxygen atoms in total. The van der Waals surface area contributed by atoms with Gasteiger partial charge in [0.15, 0.2) is 0 Å². The normalized spacial score (nSPS) is 23.5. The molecule has 17 heavy (non-hydrogen) atoms. The Morgan fingerprint density at radius 2 is 2.18 bits per heavy atom. The Balaban J connectivity index is 0.000000686. The lowest BCUT2D eigenvalue weighted by atomic mass is 10.1. The first-order valence-electron chi connectivity index (χ1n) is 6.20. The number of piperidine rings is 1. The minimum atomic E-state index is -0.931. The summed E-state index contributed by atoms with van der Waals surface area (Å²) in [4.78, 5) is 4.11. The molecule has 1 fully saturated rings. The smallest absolute Gasteiger partial charge is 0.149 e. The van der Waals surface area contributed by atoms with Crippen molar-refractivity contribution in [2.45, 2.75) is 39.5 Å². The monoisotopic (exact) mass is 240 g/mol. The van der Waals surface area contributed by atoms with Gasteiger partial charge in [0, 0.05) is 12.2 Å². The van der Waals surface area contributed by atoms with Crippen LogP contribution in [0.5, 0.6) is 5.75 Å². The first-order chi connectivity index (χ1) is 8.25. The molecule has 2 unspecified atom stereocenters. The van der Waals surface area contributed by atoms with Crippen LogP contribution in [0.4, 0.5) is 4.39 Å². The number of pyridine rings is 1. The van der Waals surface area contributed by atoms with E-state index in [1.54, 1.807) is 6.20 Å². The fourth-order valence-electron chi connectivity index (χ4n) is 1.63. The third kappa shape index (κ3) is 4.30. The van der Waals surface area contributed by atoms with E-state index in [2.05, 4.69) is 10.3 Å². The van der Waals surface area contributed by atoms with Crippen LogP contribution < -0.4 is 10.1 Å². The summed E-state index contributed by atoms with van der Waals surface area (Å²) in [6.45, 7) is 7.10. The Kier molecular flexibility index (Phi) is 5.91.